The number of urea groups is 1. The van der Waals surface area contributed by atoms with Gasteiger partial charge in [0.2, 0.25) is 0 Å². The summed E-state index contributed by atoms with van der Waals surface area (Å²) >= 11 is 0. The van der Waals surface area contributed by atoms with Crippen LogP contribution in [0.15, 0.2) is 163 Å². The second-order valence-corrected chi connectivity index (χ2v) is 26.1. The Morgan fingerprint density at radius 3 is 0.891 bits per heavy atom. The smallest absolute Gasteiger partial charge is 0.321 e. The van der Waals surface area contributed by atoms with Crippen molar-refractivity contribution in [1.82, 2.24) is 0 Å². The van der Waals surface area contributed by atoms with Crippen molar-refractivity contribution in [2.24, 2.45) is 0 Å². The monoisotopic (exact) mass is 1440 g/mol. The summed E-state index contributed by atoms with van der Waals surface area (Å²) < 4.78 is 236. The molecule has 0 radical (unpaired) electrons. The van der Waals surface area contributed by atoms with Crippen molar-refractivity contribution in [3.8, 4) is 0 Å². The van der Waals surface area contributed by atoms with Crippen molar-refractivity contribution in [3.05, 3.63) is 167 Å². The number of halogens is 2. The number of hydrogen-bond donors (Lipinski definition) is 12. The second-order valence-electron chi connectivity index (χ2n) is 17.7. The van der Waals surface area contributed by atoms with Crippen LogP contribution in [0.5, 0.6) is 0 Å². The molecule has 0 aliphatic rings. The molecule has 0 saturated carbocycles. The molecule has 29 nitrogen and oxygen atoms in total. The molecule has 6 amide bonds. The molecule has 0 bridgehead atoms. The molecule has 8 rings (SSSR count). The topological polar surface area (TPSA) is 484 Å². The minimum atomic E-state index is -5.51. The molecule has 8 aromatic carbocycles. The van der Waals surface area contributed by atoms with Crippen LogP contribution in [0.4, 0.5) is 47.7 Å². The number of carbonyl (C=O) groups is 5. The maximum Gasteiger partial charge on any atom is 1.00 e. The zero-order chi connectivity index (χ0) is 63.4. The van der Waals surface area contributed by atoms with Crippen LogP contribution in [-0.2, 0) is 60.7 Å². The third-order valence-corrected chi connectivity index (χ3v) is 17.2. The summed E-state index contributed by atoms with van der Waals surface area (Å²) in [6, 6.07) is 17.9. The fourth-order valence-electron chi connectivity index (χ4n) is 8.22. The van der Waals surface area contributed by atoms with E-state index in [0.29, 0.717) is 24.3 Å². The number of anilines is 6. The van der Waals surface area contributed by atoms with Crippen molar-refractivity contribution < 1.29 is 288 Å². The predicted molar refractivity (Wildman–Crippen MR) is 297 cm³/mol. The van der Waals surface area contributed by atoms with Gasteiger partial charge < -0.3 is 31.9 Å². The van der Waals surface area contributed by atoms with Gasteiger partial charge in [0.15, 0.2) is 0 Å². The van der Waals surface area contributed by atoms with Crippen LogP contribution in [0, 0.1) is 11.6 Å². The molecule has 0 atom stereocenters. The minimum Gasteiger partial charge on any atom is -0.321 e. The van der Waals surface area contributed by atoms with Crippen molar-refractivity contribution in [2.45, 2.75) is 29.4 Å². The molecule has 0 fully saturated rings. The average Bonchev–Trinajstić information content (AvgIpc) is 0.751. The molecule has 0 heterocycles. The first-order valence-electron chi connectivity index (χ1n) is 23.0. The van der Waals surface area contributed by atoms with Crippen LogP contribution in [0.1, 0.15) is 41.4 Å². The fraction of sp³-hybridized carbons (Fsp3) is 0. The molecule has 0 aliphatic heterocycles. The van der Waals surface area contributed by atoms with Gasteiger partial charge in [0.25, 0.3) is 84.3 Å². The first-order chi connectivity index (χ1) is 39.8. The van der Waals surface area contributed by atoms with Gasteiger partial charge in [0.05, 0.1) is 32.5 Å². The number of nitrogens with one attached hydrogen (secondary N) is 6. The summed E-state index contributed by atoms with van der Waals surface area (Å²) in [6.45, 7) is 0. The van der Waals surface area contributed by atoms with Gasteiger partial charge in [-0.15, -0.1) is 0 Å². The molecule has 43 heteroatoms. The summed E-state index contributed by atoms with van der Waals surface area (Å²) in [4.78, 5) is 59.7. The Morgan fingerprint density at radius 1 is 0.304 bits per heavy atom. The number of carbonyl (C=O) groups excluding carboxylic acids is 5. The molecule has 0 saturated heterocycles. The molecule has 0 aromatic heterocycles. The summed E-state index contributed by atoms with van der Waals surface area (Å²) in [5.41, 5.74) is -3.97. The van der Waals surface area contributed by atoms with E-state index in [2.05, 4.69) is 31.9 Å². The van der Waals surface area contributed by atoms with Gasteiger partial charge in [-0.2, -0.15) is 50.5 Å². The maximum absolute atomic E-state index is 15.2. The van der Waals surface area contributed by atoms with Gasteiger partial charge in [-0.05, 0) is 121 Å². The van der Waals surface area contributed by atoms with E-state index in [1.54, 1.807) is 0 Å². The van der Waals surface area contributed by atoms with Crippen LogP contribution in [0.25, 0.3) is 21.5 Å². The Hall–Kier alpha value is -3.25. The Morgan fingerprint density at radius 2 is 0.598 bits per heavy atom. The maximum atomic E-state index is 15.2. The zero-order valence-corrected chi connectivity index (χ0v) is 64.9. The standard InChI is InChI=1S/C49H34F2N6O23S6.6Na/c50-33-9-7-25(47(60)54-35-11-13-39(83(69,70)71)31-19-29(81(63,64)65)21-41(43(31)35)85(75,76)77)17-37(33)56-45(58)23-3-1-5-27(15-23)52-49(62)53-28-6-2-4-24(16-28)46(59)57-38-18-26(8-10-34(38)51)48(61)55-36-12-14-40(84(72,73)74)32-20-30(82(66,67)68)22-42(44(32)36)86(78,79)80;;;;;;/h1-22H,(H,54,60)(H,55,61)(H,56,58)(H,57,59)(H2,52,53,62)(H,63,64,65)(H,66,67,68)(H,69,70,71)(H,72,73,74)(H,75,76,77)(H,78,79,80);;;;;;/q;6*+1. The van der Waals surface area contributed by atoms with Crippen LogP contribution >= 0.6 is 0 Å². The van der Waals surface area contributed by atoms with Crippen molar-refractivity contribution in [1.29, 1.82) is 0 Å². The zero-order valence-electron chi connectivity index (χ0n) is 48.0. The molecule has 92 heavy (non-hydrogen) atoms. The van der Waals surface area contributed by atoms with Crippen LogP contribution < -0.4 is 209 Å². The fourth-order valence-corrected chi connectivity index (χ4v) is 12.3. The van der Waals surface area contributed by atoms with E-state index < -0.39 is 187 Å². The summed E-state index contributed by atoms with van der Waals surface area (Å²) in [5, 5.41) is 10.1. The van der Waals surface area contributed by atoms with Gasteiger partial charge >= 0.3 is 183 Å². The third kappa shape index (κ3) is 20.4. The second kappa shape index (κ2) is 32.9. The molecule has 12 N–H and O–H groups in total. The van der Waals surface area contributed by atoms with E-state index in [9.17, 15) is 102 Å². The molecule has 0 spiro atoms. The summed E-state index contributed by atoms with van der Waals surface area (Å²) in [7, 11) is -32.2. The minimum absolute atomic E-state index is 0. The summed E-state index contributed by atoms with van der Waals surface area (Å²) in [6.07, 6.45) is 0. The third-order valence-electron chi connectivity index (χ3n) is 11.9. The van der Waals surface area contributed by atoms with E-state index in [0.717, 1.165) is 60.7 Å². The molecule has 448 valence electrons. The number of benzene rings is 8. The van der Waals surface area contributed by atoms with Crippen molar-refractivity contribution in [3.63, 3.8) is 0 Å². The van der Waals surface area contributed by atoms with E-state index in [1.165, 1.54) is 36.4 Å². The number of rotatable bonds is 16. The predicted octanol–water partition coefficient (Wildman–Crippen LogP) is -11.6. The molecular formula is C49H34F2N6Na6O23S6+6. The normalized spacial score (nSPS) is 11.5. The molecule has 0 unspecified atom stereocenters. The van der Waals surface area contributed by atoms with Crippen LogP contribution in [0.3, 0.4) is 0 Å². The van der Waals surface area contributed by atoms with E-state index in [1.807, 2.05) is 0 Å². The first kappa shape index (κ1) is 84.8. The molecule has 8 aromatic rings. The van der Waals surface area contributed by atoms with E-state index >= 15 is 8.78 Å². The van der Waals surface area contributed by atoms with Gasteiger partial charge in [0.1, 0.15) is 31.2 Å². The number of hydrogen-bond acceptors (Lipinski definition) is 17. The van der Waals surface area contributed by atoms with Crippen molar-refractivity contribution >= 4 is 146 Å². The van der Waals surface area contributed by atoms with Crippen molar-refractivity contribution in [2.75, 3.05) is 31.9 Å². The van der Waals surface area contributed by atoms with E-state index in [-0.39, 0.29) is 212 Å². The van der Waals surface area contributed by atoms with Crippen LogP contribution in [-0.4, -0.2) is 107 Å². The van der Waals surface area contributed by atoms with Crippen LogP contribution in [0.2, 0.25) is 0 Å². The molecule has 0 aliphatic carbocycles. The average molecular weight is 1440 g/mol. The largest absolute Gasteiger partial charge is 1.00 e. The first-order valence-corrected chi connectivity index (χ1v) is 31.6. The molecular weight excluding hydrogens is 1410 g/mol. The van der Waals surface area contributed by atoms with E-state index in [4.69, 9.17) is 0 Å². The van der Waals surface area contributed by atoms with Gasteiger partial charge in [-0.1, -0.05) is 12.1 Å². The SMILES string of the molecule is O=C(Nc1cccc(C(=O)Nc2cc(C(=O)Nc3ccc(S(=O)(=O)O)c4cc(S(=O)(=O)O)cc(S(=O)(=O)O)c34)ccc2F)c1)Nc1cccc(C(=O)Nc2cc(C(=O)Nc3ccc(S(=O)(=O)O)c4cc(S(=O)(=O)O)cc(S(=O)(=O)O)c34)ccc2F)c1.[Na+].[Na+].[Na+].[Na+].[Na+].[Na+]. The summed E-state index contributed by atoms with van der Waals surface area (Å²) in [5.74, 6) is -6.68. The Balaban J connectivity index is 0.00000480. The van der Waals surface area contributed by atoms with Gasteiger partial charge in [0, 0.05) is 55.2 Å². The Kier molecular flexibility index (Phi) is 30.3. The Labute approximate surface area is 653 Å². The van der Waals surface area contributed by atoms with Gasteiger partial charge in [-0.3, -0.25) is 46.5 Å². The Bertz CT molecular complexity index is 4750. The quantitative estimate of drug-likeness (QED) is 0.0316. The van der Waals surface area contributed by atoms with Gasteiger partial charge in [-0.25, -0.2) is 13.6 Å². The number of amides is 6. The number of fused-ring (bicyclic) bond motifs is 2.